The highest BCUT2D eigenvalue weighted by atomic mass is 35.5. The zero-order chi connectivity index (χ0) is 14.0. The van der Waals surface area contributed by atoms with Crippen LogP contribution in [0.25, 0.3) is 0 Å². The third-order valence-electron chi connectivity index (χ3n) is 2.32. The molecule has 19 heavy (non-hydrogen) atoms. The summed E-state index contributed by atoms with van der Waals surface area (Å²) in [4.78, 5) is 14.6. The lowest BCUT2D eigenvalue weighted by Crippen LogP contribution is -2.02. The molecule has 0 bridgehead atoms. The minimum atomic E-state index is -1.28. The van der Waals surface area contributed by atoms with Gasteiger partial charge in [-0.3, -0.25) is 0 Å². The number of carboxylic acids is 1. The molecule has 0 radical (unpaired) electrons. The molecule has 1 aromatic carbocycles. The van der Waals surface area contributed by atoms with Crippen molar-refractivity contribution in [3.8, 4) is 11.6 Å². The summed E-state index contributed by atoms with van der Waals surface area (Å²) in [6.07, 6.45) is 0. The van der Waals surface area contributed by atoms with Crippen LogP contribution >= 0.6 is 11.6 Å². The van der Waals surface area contributed by atoms with Gasteiger partial charge >= 0.3 is 5.97 Å². The molecule has 4 nitrogen and oxygen atoms in total. The fourth-order valence-electron chi connectivity index (χ4n) is 1.43. The van der Waals surface area contributed by atoms with Crippen molar-refractivity contribution < 1.29 is 19.0 Å². The number of carboxylic acid groups (broad SMARTS) is 1. The maximum atomic E-state index is 13.5. The molecule has 0 unspecified atom stereocenters. The van der Waals surface area contributed by atoms with Crippen molar-refractivity contribution in [3.05, 3.63) is 52.4 Å². The van der Waals surface area contributed by atoms with Gasteiger partial charge in [-0.25, -0.2) is 14.2 Å². The topological polar surface area (TPSA) is 59.4 Å². The van der Waals surface area contributed by atoms with Crippen LogP contribution in [0, 0.1) is 12.7 Å². The Bertz CT molecular complexity index is 646. The van der Waals surface area contributed by atoms with Gasteiger partial charge in [-0.15, -0.1) is 0 Å². The van der Waals surface area contributed by atoms with Crippen LogP contribution in [-0.2, 0) is 0 Å². The highest BCUT2D eigenvalue weighted by Gasteiger charge is 2.13. The van der Waals surface area contributed by atoms with Crippen LogP contribution in [0.5, 0.6) is 11.6 Å². The zero-order valence-electron chi connectivity index (χ0n) is 9.85. The molecule has 0 saturated heterocycles. The van der Waals surface area contributed by atoms with Gasteiger partial charge in [0.05, 0.1) is 5.02 Å². The lowest BCUT2D eigenvalue weighted by atomic mass is 10.2. The molecule has 1 heterocycles. The molecule has 1 N–H and O–H groups in total. The zero-order valence-corrected chi connectivity index (χ0v) is 10.6. The first-order valence-electron chi connectivity index (χ1n) is 5.31. The van der Waals surface area contributed by atoms with Crippen molar-refractivity contribution in [2.45, 2.75) is 6.92 Å². The van der Waals surface area contributed by atoms with E-state index in [2.05, 4.69) is 4.98 Å². The Kier molecular flexibility index (Phi) is 3.66. The van der Waals surface area contributed by atoms with Crippen molar-refractivity contribution in [3.63, 3.8) is 0 Å². The van der Waals surface area contributed by atoms with Gasteiger partial charge in [0.15, 0.2) is 17.3 Å². The van der Waals surface area contributed by atoms with Gasteiger partial charge in [0, 0.05) is 6.07 Å². The van der Waals surface area contributed by atoms with Crippen LogP contribution in [0.4, 0.5) is 4.39 Å². The Morgan fingerprint density at radius 2 is 2.11 bits per heavy atom. The first kappa shape index (κ1) is 13.3. The Morgan fingerprint density at radius 1 is 1.37 bits per heavy atom. The lowest BCUT2D eigenvalue weighted by Gasteiger charge is -2.07. The number of aromatic nitrogens is 1. The Hall–Kier alpha value is -2.14. The Labute approximate surface area is 113 Å². The molecule has 2 aromatic rings. The smallest absolute Gasteiger partial charge is 0.356 e. The normalized spacial score (nSPS) is 10.3. The molecule has 0 spiro atoms. The van der Waals surface area contributed by atoms with Gasteiger partial charge in [0.25, 0.3) is 0 Å². The van der Waals surface area contributed by atoms with Crippen LogP contribution in [0.1, 0.15) is 16.1 Å². The fourth-order valence-corrected chi connectivity index (χ4v) is 1.62. The fraction of sp³-hybridized carbons (Fsp3) is 0.0769. The molecule has 0 atom stereocenters. The summed E-state index contributed by atoms with van der Waals surface area (Å²) in [5.41, 5.74) is 0.469. The van der Waals surface area contributed by atoms with Crippen molar-refractivity contribution >= 4 is 17.6 Å². The van der Waals surface area contributed by atoms with E-state index in [0.717, 1.165) is 5.56 Å². The number of pyridine rings is 1. The van der Waals surface area contributed by atoms with Gasteiger partial charge < -0.3 is 9.84 Å². The molecule has 6 heteroatoms. The maximum absolute atomic E-state index is 13.5. The summed E-state index contributed by atoms with van der Waals surface area (Å²) in [7, 11) is 0. The van der Waals surface area contributed by atoms with Gasteiger partial charge in [0.2, 0.25) is 5.88 Å². The van der Waals surface area contributed by atoms with Crippen LogP contribution in [0.2, 0.25) is 5.02 Å². The summed E-state index contributed by atoms with van der Waals surface area (Å²) in [6, 6.07) is 7.06. The van der Waals surface area contributed by atoms with E-state index in [1.807, 2.05) is 0 Å². The number of aromatic carboxylic acids is 1. The number of hydrogen-bond donors (Lipinski definition) is 1. The number of hydrogen-bond acceptors (Lipinski definition) is 3. The second-order valence-electron chi connectivity index (χ2n) is 3.82. The number of carbonyl (C=O) groups is 1. The number of halogens is 2. The predicted octanol–water partition coefficient (Wildman–Crippen LogP) is 3.67. The summed E-state index contributed by atoms with van der Waals surface area (Å²) < 4.78 is 18.7. The van der Waals surface area contributed by atoms with Crippen LogP contribution in [0.15, 0.2) is 30.3 Å². The number of nitrogens with zero attached hydrogens (tertiary/aromatic N) is 1. The van der Waals surface area contributed by atoms with Crippen LogP contribution < -0.4 is 4.74 Å². The van der Waals surface area contributed by atoms with Crippen molar-refractivity contribution in [2.75, 3.05) is 0 Å². The van der Waals surface area contributed by atoms with Crippen molar-refractivity contribution in [2.24, 2.45) is 0 Å². The molecule has 0 aliphatic rings. The largest absolute Gasteiger partial charge is 0.476 e. The molecule has 0 amide bonds. The number of aryl methyl sites for hydroxylation is 1. The Morgan fingerprint density at radius 3 is 2.79 bits per heavy atom. The summed E-state index contributed by atoms with van der Waals surface area (Å²) in [5.74, 6) is -1.89. The molecule has 98 valence electrons. The molecule has 1 aromatic heterocycles. The minimum Gasteiger partial charge on any atom is -0.476 e. The highest BCUT2D eigenvalue weighted by Crippen LogP contribution is 2.26. The van der Waals surface area contributed by atoms with E-state index in [0.29, 0.717) is 0 Å². The highest BCUT2D eigenvalue weighted by molar-refractivity contribution is 6.33. The maximum Gasteiger partial charge on any atom is 0.356 e. The second-order valence-corrected chi connectivity index (χ2v) is 4.23. The van der Waals surface area contributed by atoms with Gasteiger partial charge in [-0.1, -0.05) is 17.7 Å². The van der Waals surface area contributed by atoms with E-state index in [1.54, 1.807) is 13.0 Å². The first-order chi connectivity index (χ1) is 8.97. The van der Waals surface area contributed by atoms with E-state index in [9.17, 15) is 9.18 Å². The van der Waals surface area contributed by atoms with Gasteiger partial charge in [0.1, 0.15) is 0 Å². The lowest BCUT2D eigenvalue weighted by molar-refractivity contribution is 0.0690. The van der Waals surface area contributed by atoms with Gasteiger partial charge in [-0.2, -0.15) is 0 Å². The van der Waals surface area contributed by atoms with Crippen LogP contribution in [0.3, 0.4) is 0 Å². The summed E-state index contributed by atoms with van der Waals surface area (Å²) in [6.45, 7) is 1.78. The number of ether oxygens (including phenoxy) is 1. The van der Waals surface area contributed by atoms with E-state index >= 15 is 0 Å². The quantitative estimate of drug-likeness (QED) is 0.932. The average Bonchev–Trinajstić information content (AvgIpc) is 2.36. The minimum absolute atomic E-state index is 0.00966. The van der Waals surface area contributed by atoms with Crippen molar-refractivity contribution in [1.82, 2.24) is 4.98 Å². The van der Waals surface area contributed by atoms with Gasteiger partial charge in [-0.05, 0) is 30.7 Å². The number of rotatable bonds is 3. The predicted molar refractivity (Wildman–Crippen MR) is 67.4 cm³/mol. The second kappa shape index (κ2) is 5.24. The average molecular weight is 282 g/mol. The SMILES string of the molecule is Cc1ccc(F)c(Oc2ccc(Cl)c(C(=O)O)n2)c1. The number of benzene rings is 1. The molecule has 0 saturated carbocycles. The molecular formula is C13H9ClFNO3. The molecule has 0 aliphatic carbocycles. The van der Waals surface area contributed by atoms with Crippen molar-refractivity contribution in [1.29, 1.82) is 0 Å². The van der Waals surface area contributed by atoms with E-state index in [1.165, 1.54) is 24.3 Å². The standard InChI is InChI=1S/C13H9ClFNO3/c1-7-2-4-9(15)10(6-7)19-11-5-3-8(14)12(16-11)13(17)18/h2-6H,1H3,(H,17,18). The summed E-state index contributed by atoms with van der Waals surface area (Å²) in [5, 5.41) is 8.87. The monoisotopic (exact) mass is 281 g/mol. The third kappa shape index (κ3) is 3.00. The molecule has 0 aliphatic heterocycles. The van der Waals surface area contributed by atoms with E-state index in [4.69, 9.17) is 21.4 Å². The van der Waals surface area contributed by atoms with E-state index < -0.39 is 11.8 Å². The Balaban J connectivity index is 2.36. The molecule has 0 fully saturated rings. The van der Waals surface area contributed by atoms with Crippen LogP contribution in [-0.4, -0.2) is 16.1 Å². The molecular weight excluding hydrogens is 273 g/mol. The van der Waals surface area contributed by atoms with E-state index in [-0.39, 0.29) is 22.3 Å². The summed E-state index contributed by atoms with van der Waals surface area (Å²) >= 11 is 5.68. The first-order valence-corrected chi connectivity index (χ1v) is 5.69. The third-order valence-corrected chi connectivity index (χ3v) is 2.63. The molecule has 2 rings (SSSR count).